The molecule has 0 amide bonds. The summed E-state index contributed by atoms with van der Waals surface area (Å²) in [6.45, 7) is 3.97. The van der Waals surface area contributed by atoms with Gasteiger partial charge in [-0.3, -0.25) is 0 Å². The van der Waals surface area contributed by atoms with E-state index in [0.717, 1.165) is 11.1 Å². The molecular weight excluding hydrogens is 294 g/mol. The maximum absolute atomic E-state index is 12.0. The molecule has 0 saturated heterocycles. The summed E-state index contributed by atoms with van der Waals surface area (Å²) in [7, 11) is 0. The third-order valence-corrected chi connectivity index (χ3v) is 3.27. The minimum absolute atomic E-state index is 0.383. The summed E-state index contributed by atoms with van der Waals surface area (Å²) in [5, 5.41) is 0. The van der Waals surface area contributed by atoms with Crippen molar-refractivity contribution in [2.24, 2.45) is 0 Å². The van der Waals surface area contributed by atoms with Gasteiger partial charge in [0.15, 0.2) is 5.75 Å². The molecule has 4 heteroatoms. The number of hydrogen-bond acceptors (Lipinski definition) is 3. The maximum atomic E-state index is 12.0. The number of halogens is 1. The second-order valence-corrected chi connectivity index (χ2v) is 4.73. The van der Waals surface area contributed by atoms with Crippen LogP contribution in [0.3, 0.4) is 0 Å². The molecule has 0 saturated carbocycles. The van der Waals surface area contributed by atoms with Gasteiger partial charge in [-0.05, 0) is 65.2 Å². The van der Waals surface area contributed by atoms with Crippen molar-refractivity contribution in [1.82, 2.24) is 4.98 Å². The van der Waals surface area contributed by atoms with Crippen LogP contribution in [0.15, 0.2) is 41.1 Å². The predicted molar refractivity (Wildman–Crippen MR) is 72.8 cm³/mol. The fourth-order valence-electron chi connectivity index (χ4n) is 1.47. The lowest BCUT2D eigenvalue weighted by molar-refractivity contribution is 0.0732. The summed E-state index contributed by atoms with van der Waals surface area (Å²) in [5.74, 6) is 0.0347. The van der Waals surface area contributed by atoms with Crippen LogP contribution in [-0.4, -0.2) is 11.0 Å². The van der Waals surface area contributed by atoms with E-state index >= 15 is 0 Å². The highest BCUT2D eigenvalue weighted by atomic mass is 79.9. The van der Waals surface area contributed by atoms with Crippen LogP contribution >= 0.6 is 15.9 Å². The third-order valence-electron chi connectivity index (χ3n) is 2.67. The Bertz CT molecular complexity index is 596. The van der Waals surface area contributed by atoms with E-state index in [1.54, 1.807) is 24.4 Å². The van der Waals surface area contributed by atoms with Gasteiger partial charge in [0.25, 0.3) is 0 Å². The number of aryl methyl sites for hydroxylation is 2. The zero-order valence-corrected chi connectivity index (χ0v) is 11.7. The van der Waals surface area contributed by atoms with Crippen LogP contribution in [0.1, 0.15) is 21.5 Å². The van der Waals surface area contributed by atoms with E-state index in [0.29, 0.717) is 15.9 Å². The van der Waals surface area contributed by atoms with Gasteiger partial charge in [0.2, 0.25) is 0 Å². The van der Waals surface area contributed by atoms with Gasteiger partial charge in [-0.2, -0.15) is 0 Å². The van der Waals surface area contributed by atoms with Crippen molar-refractivity contribution in [3.05, 3.63) is 57.8 Å². The first kappa shape index (κ1) is 12.8. The number of aromatic nitrogens is 1. The molecule has 18 heavy (non-hydrogen) atoms. The van der Waals surface area contributed by atoms with Gasteiger partial charge in [-0.1, -0.05) is 6.07 Å². The molecule has 1 aromatic carbocycles. The Morgan fingerprint density at radius 1 is 1.22 bits per heavy atom. The first-order valence-corrected chi connectivity index (χ1v) is 6.27. The third kappa shape index (κ3) is 2.76. The molecule has 2 aromatic rings. The standard InChI is InChI=1S/C14H12BrNO2/c1-9-5-6-11(8-10(9)2)14(17)18-12-4-3-7-16-13(12)15/h3-8H,1-2H3. The number of benzene rings is 1. The number of carbonyl (C=O) groups excluding carboxylic acids is 1. The normalized spacial score (nSPS) is 10.2. The van der Waals surface area contributed by atoms with Crippen LogP contribution in [0, 0.1) is 13.8 Å². The van der Waals surface area contributed by atoms with Gasteiger partial charge in [-0.15, -0.1) is 0 Å². The number of nitrogens with zero attached hydrogens (tertiary/aromatic N) is 1. The number of carbonyl (C=O) groups is 1. The van der Waals surface area contributed by atoms with E-state index in [1.807, 2.05) is 26.0 Å². The SMILES string of the molecule is Cc1ccc(C(=O)Oc2cccnc2Br)cc1C. The van der Waals surface area contributed by atoms with Crippen molar-refractivity contribution in [2.75, 3.05) is 0 Å². The van der Waals surface area contributed by atoms with Crippen LogP contribution in [0.2, 0.25) is 0 Å². The molecule has 0 N–H and O–H groups in total. The largest absolute Gasteiger partial charge is 0.420 e. The Labute approximate surface area is 114 Å². The predicted octanol–water partition coefficient (Wildman–Crippen LogP) is 3.68. The van der Waals surface area contributed by atoms with Crippen LogP contribution < -0.4 is 4.74 Å². The van der Waals surface area contributed by atoms with Crippen molar-refractivity contribution >= 4 is 21.9 Å². The van der Waals surface area contributed by atoms with E-state index in [9.17, 15) is 4.79 Å². The molecule has 0 aliphatic rings. The van der Waals surface area contributed by atoms with Gasteiger partial charge >= 0.3 is 5.97 Å². The van der Waals surface area contributed by atoms with E-state index in [4.69, 9.17) is 4.74 Å². The Morgan fingerprint density at radius 3 is 2.67 bits per heavy atom. The molecule has 1 aromatic heterocycles. The Hall–Kier alpha value is -1.68. The van der Waals surface area contributed by atoms with Gasteiger partial charge in [0.1, 0.15) is 4.60 Å². The van der Waals surface area contributed by atoms with Gasteiger partial charge in [-0.25, -0.2) is 9.78 Å². The topological polar surface area (TPSA) is 39.2 Å². The minimum atomic E-state index is -0.383. The van der Waals surface area contributed by atoms with Crippen molar-refractivity contribution in [2.45, 2.75) is 13.8 Å². The van der Waals surface area contributed by atoms with Crippen molar-refractivity contribution < 1.29 is 9.53 Å². The molecule has 0 atom stereocenters. The highest BCUT2D eigenvalue weighted by Gasteiger charge is 2.11. The highest BCUT2D eigenvalue weighted by molar-refractivity contribution is 9.10. The molecular formula is C14H12BrNO2. The summed E-state index contributed by atoms with van der Waals surface area (Å²) in [5.41, 5.74) is 2.75. The molecule has 0 fully saturated rings. The summed E-state index contributed by atoms with van der Waals surface area (Å²) in [4.78, 5) is 16.0. The first-order chi connectivity index (χ1) is 8.58. The fraction of sp³-hybridized carbons (Fsp3) is 0.143. The molecule has 0 unspecified atom stereocenters. The lowest BCUT2D eigenvalue weighted by Gasteiger charge is -2.07. The van der Waals surface area contributed by atoms with E-state index in [1.165, 1.54) is 0 Å². The van der Waals surface area contributed by atoms with Crippen molar-refractivity contribution in [3.8, 4) is 5.75 Å². The molecule has 2 rings (SSSR count). The number of rotatable bonds is 2. The van der Waals surface area contributed by atoms with Crippen molar-refractivity contribution in [3.63, 3.8) is 0 Å². The molecule has 1 heterocycles. The molecule has 0 spiro atoms. The number of ether oxygens (including phenoxy) is 1. The number of esters is 1. The second-order valence-electron chi connectivity index (χ2n) is 3.98. The highest BCUT2D eigenvalue weighted by Crippen LogP contribution is 2.22. The quantitative estimate of drug-likeness (QED) is 0.627. The summed E-state index contributed by atoms with van der Waals surface area (Å²) >= 11 is 3.24. The van der Waals surface area contributed by atoms with Crippen LogP contribution in [0.25, 0.3) is 0 Å². The molecule has 0 bridgehead atoms. The molecule has 0 aliphatic carbocycles. The second kappa shape index (κ2) is 5.31. The summed E-state index contributed by atoms with van der Waals surface area (Å²) < 4.78 is 5.79. The van der Waals surface area contributed by atoms with Gasteiger partial charge < -0.3 is 4.74 Å². The summed E-state index contributed by atoms with van der Waals surface area (Å²) in [6, 6.07) is 8.89. The molecule has 3 nitrogen and oxygen atoms in total. The van der Waals surface area contributed by atoms with E-state index in [-0.39, 0.29) is 5.97 Å². The Morgan fingerprint density at radius 2 is 2.00 bits per heavy atom. The number of pyridine rings is 1. The van der Waals surface area contributed by atoms with Crippen LogP contribution in [-0.2, 0) is 0 Å². The monoisotopic (exact) mass is 305 g/mol. The Balaban J connectivity index is 2.22. The first-order valence-electron chi connectivity index (χ1n) is 5.48. The van der Waals surface area contributed by atoms with Crippen LogP contribution in [0.5, 0.6) is 5.75 Å². The van der Waals surface area contributed by atoms with E-state index < -0.39 is 0 Å². The number of hydrogen-bond donors (Lipinski definition) is 0. The minimum Gasteiger partial charge on any atom is -0.420 e. The maximum Gasteiger partial charge on any atom is 0.343 e. The van der Waals surface area contributed by atoms with E-state index in [2.05, 4.69) is 20.9 Å². The van der Waals surface area contributed by atoms with Gasteiger partial charge in [0, 0.05) is 6.20 Å². The lowest BCUT2D eigenvalue weighted by Crippen LogP contribution is -2.09. The summed E-state index contributed by atoms with van der Waals surface area (Å²) in [6.07, 6.45) is 1.62. The van der Waals surface area contributed by atoms with Crippen molar-refractivity contribution in [1.29, 1.82) is 0 Å². The van der Waals surface area contributed by atoms with Crippen LogP contribution in [0.4, 0.5) is 0 Å². The molecule has 0 aliphatic heterocycles. The zero-order chi connectivity index (χ0) is 13.1. The van der Waals surface area contributed by atoms with Gasteiger partial charge in [0.05, 0.1) is 5.56 Å². The molecule has 0 radical (unpaired) electrons. The smallest absolute Gasteiger partial charge is 0.343 e. The fourth-order valence-corrected chi connectivity index (χ4v) is 1.81. The zero-order valence-electron chi connectivity index (χ0n) is 10.1. The molecule has 92 valence electrons. The average molecular weight is 306 g/mol. The lowest BCUT2D eigenvalue weighted by atomic mass is 10.1. The Kier molecular flexibility index (Phi) is 3.77. The average Bonchev–Trinajstić information content (AvgIpc) is 2.35.